The van der Waals surface area contributed by atoms with Gasteiger partial charge in [-0.2, -0.15) is 0 Å². The highest BCUT2D eigenvalue weighted by Crippen LogP contribution is 2.20. The van der Waals surface area contributed by atoms with E-state index in [4.69, 9.17) is 11.6 Å². The number of benzene rings is 1. The van der Waals surface area contributed by atoms with E-state index in [9.17, 15) is 5.11 Å². The van der Waals surface area contributed by atoms with Crippen molar-refractivity contribution in [3.63, 3.8) is 0 Å². The predicted octanol–water partition coefficient (Wildman–Crippen LogP) is 3.35. The minimum Gasteiger partial charge on any atom is -0.466 e. The molecule has 0 aliphatic carbocycles. The highest BCUT2D eigenvalue weighted by Gasteiger charge is 1.95. The molecule has 0 aliphatic heterocycles. The molecule has 0 unspecified atom stereocenters. The second-order valence-corrected chi connectivity index (χ2v) is 4.02. The molecule has 0 saturated carbocycles. The highest BCUT2D eigenvalue weighted by molar-refractivity contribution is 7.99. The molecule has 1 rings (SSSR count). The minimum absolute atomic E-state index is 0.300. The first kappa shape index (κ1) is 11.3. The summed E-state index contributed by atoms with van der Waals surface area (Å²) in [5, 5.41) is 11.5. The van der Waals surface area contributed by atoms with Crippen molar-refractivity contribution in [2.24, 2.45) is 0 Å². The normalized spacial score (nSPS) is 11.4. The quantitative estimate of drug-likeness (QED) is 0.585. The van der Waals surface area contributed by atoms with Crippen LogP contribution in [0.4, 0.5) is 0 Å². The van der Waals surface area contributed by atoms with Crippen LogP contribution >= 0.6 is 23.4 Å². The second kappa shape index (κ2) is 5.83. The molecule has 1 radical (unpaired) electrons. The summed E-state index contributed by atoms with van der Waals surface area (Å²) in [5.41, 5.74) is 0. The van der Waals surface area contributed by atoms with Gasteiger partial charge in [-0.1, -0.05) is 11.6 Å². The average Bonchev–Trinajstić information content (AvgIpc) is 2.21. The van der Waals surface area contributed by atoms with E-state index in [0.29, 0.717) is 10.8 Å². The Bertz CT molecular complexity index is 308. The molecule has 0 spiro atoms. The molecule has 0 aromatic heterocycles. The van der Waals surface area contributed by atoms with Crippen molar-refractivity contribution < 1.29 is 9.84 Å². The lowest BCUT2D eigenvalue weighted by molar-refractivity contribution is 0.0860. The van der Waals surface area contributed by atoms with Gasteiger partial charge in [0, 0.05) is 21.7 Å². The zero-order valence-corrected chi connectivity index (χ0v) is 9.27. The fraction of sp³-hybridized carbons (Fsp3) is 0.200. The number of hydrogen-bond acceptors (Lipinski definition) is 2. The Hall–Kier alpha value is -0.800. The number of rotatable bonds is 4. The van der Waals surface area contributed by atoms with Gasteiger partial charge in [0.05, 0.1) is 7.11 Å². The molecule has 4 heteroatoms. The lowest BCUT2D eigenvalue weighted by atomic mass is 10.4. The maximum atomic E-state index is 10.7. The third-order valence-corrected chi connectivity index (χ3v) is 2.71. The molecule has 0 heterocycles. The van der Waals surface area contributed by atoms with Crippen molar-refractivity contribution in [1.82, 2.24) is 0 Å². The van der Waals surface area contributed by atoms with Crippen molar-refractivity contribution in [3.8, 4) is 0 Å². The van der Waals surface area contributed by atoms with Crippen molar-refractivity contribution in [3.05, 3.63) is 41.3 Å². The number of halogens is 1. The van der Waals surface area contributed by atoms with Gasteiger partial charge in [0.15, 0.2) is 0 Å². The molecule has 0 N–H and O–H groups in total. The van der Waals surface area contributed by atoms with E-state index in [2.05, 4.69) is 4.74 Å². The summed E-state index contributed by atoms with van der Waals surface area (Å²) in [4.78, 5) is 1.08. The summed E-state index contributed by atoms with van der Waals surface area (Å²) in [7, 11) is 1.37. The third-order valence-electron chi connectivity index (χ3n) is 1.51. The Morgan fingerprint density at radius 1 is 1.50 bits per heavy atom. The maximum Gasteiger partial charge on any atom is 0.327 e. The summed E-state index contributed by atoms with van der Waals surface area (Å²) < 4.78 is 4.48. The second-order valence-electron chi connectivity index (χ2n) is 2.49. The number of ether oxygens (including phenoxy) is 1. The molecular weight excluding hydrogens is 220 g/mol. The van der Waals surface area contributed by atoms with Gasteiger partial charge < -0.3 is 4.74 Å². The molecule has 0 aliphatic rings. The van der Waals surface area contributed by atoms with Crippen molar-refractivity contribution in [1.29, 1.82) is 0 Å². The lowest BCUT2D eigenvalue weighted by Crippen LogP contribution is -1.83. The minimum atomic E-state index is -0.300. The van der Waals surface area contributed by atoms with Crippen LogP contribution in [-0.2, 0) is 9.84 Å². The van der Waals surface area contributed by atoms with E-state index in [-0.39, 0.29) is 5.95 Å². The summed E-state index contributed by atoms with van der Waals surface area (Å²) in [6.07, 6.45) is 1.50. The van der Waals surface area contributed by atoms with Crippen molar-refractivity contribution in [2.45, 2.75) is 4.90 Å². The van der Waals surface area contributed by atoms with Crippen LogP contribution in [0.15, 0.2) is 41.2 Å². The van der Waals surface area contributed by atoms with E-state index in [1.807, 2.05) is 24.3 Å². The van der Waals surface area contributed by atoms with Crippen molar-refractivity contribution >= 4 is 23.4 Å². The SMILES string of the molecule is COC([O])=CCSc1ccc(Cl)cc1. The first-order valence-corrected chi connectivity index (χ1v) is 5.38. The van der Waals surface area contributed by atoms with Crippen LogP contribution in [0.2, 0.25) is 5.02 Å². The zero-order valence-electron chi connectivity index (χ0n) is 7.70. The molecule has 0 fully saturated rings. The Labute approximate surface area is 92.5 Å². The van der Waals surface area contributed by atoms with E-state index >= 15 is 0 Å². The maximum absolute atomic E-state index is 10.7. The van der Waals surface area contributed by atoms with Crippen LogP contribution < -0.4 is 0 Å². The van der Waals surface area contributed by atoms with Gasteiger partial charge in [-0.25, -0.2) is 5.11 Å². The summed E-state index contributed by atoms with van der Waals surface area (Å²) in [6, 6.07) is 7.47. The van der Waals surface area contributed by atoms with Gasteiger partial charge in [0.2, 0.25) is 0 Å². The smallest absolute Gasteiger partial charge is 0.327 e. The Kier molecular flexibility index (Phi) is 4.70. The fourth-order valence-corrected chi connectivity index (χ4v) is 1.69. The van der Waals surface area contributed by atoms with Crippen LogP contribution in [0.5, 0.6) is 0 Å². The molecule has 1 aromatic carbocycles. The summed E-state index contributed by atoms with van der Waals surface area (Å²) in [6.45, 7) is 0. The van der Waals surface area contributed by atoms with E-state index in [0.717, 1.165) is 4.90 Å². The zero-order chi connectivity index (χ0) is 10.4. The van der Waals surface area contributed by atoms with Crippen LogP contribution in [0.25, 0.3) is 0 Å². The highest BCUT2D eigenvalue weighted by atomic mass is 35.5. The summed E-state index contributed by atoms with van der Waals surface area (Å²) in [5.74, 6) is 0.306. The number of thioether (sulfide) groups is 1. The topological polar surface area (TPSA) is 29.1 Å². The average molecular weight is 230 g/mol. The van der Waals surface area contributed by atoms with Crippen LogP contribution in [0.3, 0.4) is 0 Å². The molecule has 75 valence electrons. The van der Waals surface area contributed by atoms with Gasteiger partial charge >= 0.3 is 5.95 Å². The van der Waals surface area contributed by atoms with Gasteiger partial charge in [-0.3, -0.25) is 0 Å². The fourth-order valence-electron chi connectivity index (χ4n) is 0.820. The Morgan fingerprint density at radius 2 is 2.14 bits per heavy atom. The number of hydrogen-bond donors (Lipinski definition) is 0. The molecule has 1 aromatic rings. The molecule has 2 nitrogen and oxygen atoms in total. The largest absolute Gasteiger partial charge is 0.466 e. The Morgan fingerprint density at radius 3 is 2.71 bits per heavy atom. The van der Waals surface area contributed by atoms with Crippen molar-refractivity contribution in [2.75, 3.05) is 12.9 Å². The molecule has 0 saturated heterocycles. The van der Waals surface area contributed by atoms with E-state index in [1.165, 1.54) is 13.2 Å². The van der Waals surface area contributed by atoms with Crippen LogP contribution in [-0.4, -0.2) is 12.9 Å². The van der Waals surface area contributed by atoms with Gasteiger partial charge in [0.1, 0.15) is 0 Å². The van der Waals surface area contributed by atoms with Gasteiger partial charge in [-0.15, -0.1) is 11.8 Å². The first-order valence-electron chi connectivity index (χ1n) is 4.02. The van der Waals surface area contributed by atoms with E-state index in [1.54, 1.807) is 11.8 Å². The predicted molar refractivity (Wildman–Crippen MR) is 58.0 cm³/mol. The van der Waals surface area contributed by atoms with Gasteiger partial charge in [-0.05, 0) is 24.3 Å². The Balaban J connectivity index is 2.42. The molecule has 0 atom stereocenters. The molecule has 0 bridgehead atoms. The van der Waals surface area contributed by atoms with E-state index < -0.39 is 0 Å². The lowest BCUT2D eigenvalue weighted by Gasteiger charge is -1.98. The summed E-state index contributed by atoms with van der Waals surface area (Å²) >= 11 is 7.29. The molecular formula is C10H10ClO2S. The van der Waals surface area contributed by atoms with Crippen LogP contribution in [0, 0.1) is 0 Å². The third kappa shape index (κ3) is 3.94. The van der Waals surface area contributed by atoms with Gasteiger partial charge in [0.25, 0.3) is 0 Å². The molecule has 14 heavy (non-hydrogen) atoms. The number of methoxy groups -OCH3 is 1. The first-order chi connectivity index (χ1) is 6.72. The standard InChI is InChI=1S/C10H10ClO2S/c1-13-10(12)6-7-14-9-4-2-8(11)3-5-9/h2-6H,7H2,1H3. The monoisotopic (exact) mass is 229 g/mol. The van der Waals surface area contributed by atoms with Crippen LogP contribution in [0.1, 0.15) is 0 Å². The molecule has 0 amide bonds.